The summed E-state index contributed by atoms with van der Waals surface area (Å²) < 4.78 is 6.11. The molecule has 0 aromatic heterocycles. The molecule has 2 aromatic carbocycles. The Bertz CT molecular complexity index is 584. The largest absolute Gasteiger partial charge is 0.377 e. The van der Waals surface area contributed by atoms with E-state index in [1.54, 1.807) is 0 Å². The Morgan fingerprint density at radius 3 is 1.93 bits per heavy atom. The van der Waals surface area contributed by atoms with Gasteiger partial charge in [0.1, 0.15) is 0 Å². The zero-order chi connectivity index (χ0) is 18.7. The van der Waals surface area contributed by atoms with Crippen LogP contribution in [-0.2, 0) is 17.8 Å². The molecule has 0 aliphatic heterocycles. The highest BCUT2D eigenvalue weighted by molar-refractivity contribution is 7.99. The van der Waals surface area contributed by atoms with Gasteiger partial charge in [-0.05, 0) is 42.6 Å². The minimum atomic E-state index is 0.467. The first kappa shape index (κ1) is 20.4. The second-order valence-corrected chi connectivity index (χ2v) is 8.77. The first-order valence-corrected chi connectivity index (χ1v) is 11.5. The maximum Gasteiger partial charge on any atom is 0.0576 e. The Morgan fingerprint density at radius 1 is 0.852 bits per heavy atom. The van der Waals surface area contributed by atoms with Gasteiger partial charge in [0.05, 0.1) is 12.7 Å². The average Bonchev–Trinajstić information content (AvgIpc) is 2.73. The fraction of sp³-hybridized carbons (Fsp3) is 0.500. The molecule has 3 heteroatoms. The molecule has 0 amide bonds. The SMILES string of the molecule is CCSCCOC1CCC(N(Cc2ccccc2)Cc2ccccc2)CC1. The molecule has 0 radical (unpaired) electrons. The molecule has 0 unspecified atom stereocenters. The van der Waals surface area contributed by atoms with E-state index in [9.17, 15) is 0 Å². The lowest BCUT2D eigenvalue weighted by Gasteiger charge is -2.37. The van der Waals surface area contributed by atoms with Crippen molar-refractivity contribution in [3.8, 4) is 0 Å². The van der Waals surface area contributed by atoms with Crippen LogP contribution in [0, 0.1) is 0 Å². The number of benzene rings is 2. The van der Waals surface area contributed by atoms with Crippen LogP contribution in [0.4, 0.5) is 0 Å². The lowest BCUT2D eigenvalue weighted by molar-refractivity contribution is 0.0117. The van der Waals surface area contributed by atoms with Gasteiger partial charge in [0.25, 0.3) is 0 Å². The van der Waals surface area contributed by atoms with Crippen LogP contribution >= 0.6 is 11.8 Å². The number of nitrogens with zero attached hydrogens (tertiary/aromatic N) is 1. The number of thioether (sulfide) groups is 1. The van der Waals surface area contributed by atoms with Crippen LogP contribution in [0.15, 0.2) is 60.7 Å². The van der Waals surface area contributed by atoms with Crippen LogP contribution in [-0.4, -0.2) is 35.2 Å². The molecule has 2 nitrogen and oxygen atoms in total. The van der Waals surface area contributed by atoms with Crippen molar-refractivity contribution < 1.29 is 4.74 Å². The predicted molar refractivity (Wildman–Crippen MR) is 117 cm³/mol. The van der Waals surface area contributed by atoms with E-state index >= 15 is 0 Å². The van der Waals surface area contributed by atoms with E-state index < -0.39 is 0 Å². The highest BCUT2D eigenvalue weighted by Gasteiger charge is 2.26. The molecular weight excluding hydrogens is 350 g/mol. The summed E-state index contributed by atoms with van der Waals surface area (Å²) >= 11 is 1.97. The third kappa shape index (κ3) is 6.99. The second kappa shape index (κ2) is 11.5. The molecule has 3 rings (SSSR count). The molecule has 0 saturated heterocycles. The van der Waals surface area contributed by atoms with Gasteiger partial charge in [-0.15, -0.1) is 0 Å². The van der Waals surface area contributed by atoms with Crippen LogP contribution in [0.2, 0.25) is 0 Å². The third-order valence-corrected chi connectivity index (χ3v) is 6.27. The summed E-state index contributed by atoms with van der Waals surface area (Å²) in [7, 11) is 0. The molecule has 27 heavy (non-hydrogen) atoms. The molecule has 0 heterocycles. The Hall–Kier alpha value is -1.29. The molecule has 1 saturated carbocycles. The highest BCUT2D eigenvalue weighted by atomic mass is 32.2. The van der Waals surface area contributed by atoms with E-state index in [2.05, 4.69) is 72.5 Å². The van der Waals surface area contributed by atoms with E-state index in [1.165, 1.54) is 42.6 Å². The van der Waals surface area contributed by atoms with Crippen molar-refractivity contribution in [1.29, 1.82) is 0 Å². The Labute approximate surface area is 169 Å². The predicted octanol–water partition coefficient (Wildman–Crippen LogP) is 5.77. The molecule has 1 aliphatic rings. The Morgan fingerprint density at radius 2 is 1.41 bits per heavy atom. The normalized spacial score (nSPS) is 20.1. The molecule has 146 valence electrons. The quantitative estimate of drug-likeness (QED) is 0.483. The smallest absolute Gasteiger partial charge is 0.0576 e. The summed E-state index contributed by atoms with van der Waals surface area (Å²) in [5.74, 6) is 2.31. The van der Waals surface area contributed by atoms with Gasteiger partial charge in [-0.2, -0.15) is 11.8 Å². The van der Waals surface area contributed by atoms with Gasteiger partial charge in [-0.1, -0.05) is 67.6 Å². The van der Waals surface area contributed by atoms with Gasteiger partial charge in [0.15, 0.2) is 0 Å². The van der Waals surface area contributed by atoms with Crippen molar-refractivity contribution in [2.75, 3.05) is 18.1 Å². The fourth-order valence-electron chi connectivity index (χ4n) is 3.95. The molecule has 0 N–H and O–H groups in total. The second-order valence-electron chi connectivity index (χ2n) is 7.37. The summed E-state index contributed by atoms with van der Waals surface area (Å²) in [5.41, 5.74) is 2.81. The number of ether oxygens (including phenoxy) is 1. The molecule has 0 spiro atoms. The number of hydrogen-bond acceptors (Lipinski definition) is 3. The monoisotopic (exact) mass is 383 g/mol. The van der Waals surface area contributed by atoms with Crippen molar-refractivity contribution >= 4 is 11.8 Å². The van der Waals surface area contributed by atoms with Gasteiger partial charge in [-0.25, -0.2) is 0 Å². The Balaban J connectivity index is 1.56. The zero-order valence-corrected chi connectivity index (χ0v) is 17.4. The minimum Gasteiger partial charge on any atom is -0.377 e. The first-order chi connectivity index (χ1) is 13.3. The van der Waals surface area contributed by atoms with Gasteiger partial charge in [0.2, 0.25) is 0 Å². The van der Waals surface area contributed by atoms with Crippen molar-refractivity contribution in [3.63, 3.8) is 0 Å². The molecule has 1 aliphatic carbocycles. The highest BCUT2D eigenvalue weighted by Crippen LogP contribution is 2.27. The summed E-state index contributed by atoms with van der Waals surface area (Å²) in [5, 5.41) is 0. The van der Waals surface area contributed by atoms with E-state index in [0.717, 1.165) is 25.4 Å². The van der Waals surface area contributed by atoms with Crippen LogP contribution in [0.1, 0.15) is 43.7 Å². The first-order valence-electron chi connectivity index (χ1n) is 10.4. The minimum absolute atomic E-state index is 0.467. The van der Waals surface area contributed by atoms with Gasteiger partial charge < -0.3 is 4.74 Å². The fourth-order valence-corrected chi connectivity index (χ4v) is 4.45. The van der Waals surface area contributed by atoms with E-state index in [4.69, 9.17) is 4.74 Å². The molecule has 1 fully saturated rings. The van der Waals surface area contributed by atoms with Crippen LogP contribution in [0.3, 0.4) is 0 Å². The maximum atomic E-state index is 6.11. The topological polar surface area (TPSA) is 12.5 Å². The summed E-state index contributed by atoms with van der Waals surface area (Å²) in [6, 6.07) is 22.4. The van der Waals surface area contributed by atoms with Crippen LogP contribution in [0.5, 0.6) is 0 Å². The number of rotatable bonds is 10. The zero-order valence-electron chi connectivity index (χ0n) is 16.6. The third-order valence-electron chi connectivity index (χ3n) is 5.40. The molecular formula is C24H33NOS. The van der Waals surface area contributed by atoms with E-state index in [-0.39, 0.29) is 0 Å². The van der Waals surface area contributed by atoms with Gasteiger partial charge in [-0.3, -0.25) is 4.90 Å². The number of hydrogen-bond donors (Lipinski definition) is 0. The standard InChI is InChI=1S/C24H33NOS/c1-2-27-18-17-26-24-15-13-23(14-16-24)25(19-21-9-5-3-6-10-21)20-22-11-7-4-8-12-22/h3-12,23-24H,2,13-20H2,1H3. The van der Waals surface area contributed by atoms with Crippen LogP contribution in [0.25, 0.3) is 0 Å². The van der Waals surface area contributed by atoms with E-state index in [0.29, 0.717) is 12.1 Å². The van der Waals surface area contributed by atoms with Crippen molar-refractivity contribution in [3.05, 3.63) is 71.8 Å². The molecule has 2 aromatic rings. The van der Waals surface area contributed by atoms with Gasteiger partial charge >= 0.3 is 0 Å². The lowest BCUT2D eigenvalue weighted by Crippen LogP contribution is -2.39. The summed E-state index contributed by atoms with van der Waals surface area (Å²) in [6.07, 6.45) is 5.34. The molecule has 0 bridgehead atoms. The maximum absolute atomic E-state index is 6.11. The van der Waals surface area contributed by atoms with Crippen molar-refractivity contribution in [2.24, 2.45) is 0 Å². The Kier molecular flexibility index (Phi) is 8.73. The van der Waals surface area contributed by atoms with Gasteiger partial charge in [0, 0.05) is 24.9 Å². The molecule has 0 atom stereocenters. The summed E-state index contributed by atoms with van der Waals surface area (Å²) in [4.78, 5) is 2.67. The van der Waals surface area contributed by atoms with Crippen molar-refractivity contribution in [1.82, 2.24) is 4.90 Å². The average molecular weight is 384 g/mol. The van der Waals surface area contributed by atoms with Crippen molar-refractivity contribution in [2.45, 2.75) is 57.8 Å². The van der Waals surface area contributed by atoms with Crippen LogP contribution < -0.4 is 0 Å². The lowest BCUT2D eigenvalue weighted by atomic mass is 9.91. The summed E-state index contributed by atoms with van der Waals surface area (Å²) in [6.45, 7) is 5.17. The van der Waals surface area contributed by atoms with E-state index in [1.807, 2.05) is 11.8 Å².